The molecule has 0 N–H and O–H groups in total. The number of allylic oxidation sites excluding steroid dienone is 1. The summed E-state index contributed by atoms with van der Waals surface area (Å²) >= 11 is 0. The van der Waals surface area contributed by atoms with Crippen LogP contribution in [-0.4, -0.2) is 22.1 Å². The first-order valence-electron chi connectivity index (χ1n) is 9.59. The minimum absolute atomic E-state index is 0.176. The topological polar surface area (TPSA) is 9.23 Å². The molecule has 1 saturated heterocycles. The lowest BCUT2D eigenvalue weighted by molar-refractivity contribution is 0.0143. The van der Waals surface area contributed by atoms with Gasteiger partial charge in [0.05, 0.1) is 5.22 Å². The van der Waals surface area contributed by atoms with Crippen molar-refractivity contribution in [3.05, 3.63) is 11.6 Å². The van der Waals surface area contributed by atoms with Crippen LogP contribution in [0.15, 0.2) is 11.6 Å². The van der Waals surface area contributed by atoms with E-state index in [1.54, 1.807) is 5.57 Å². The zero-order valence-corrected chi connectivity index (χ0v) is 16.5. The van der Waals surface area contributed by atoms with Crippen LogP contribution in [0.5, 0.6) is 0 Å². The van der Waals surface area contributed by atoms with Crippen LogP contribution in [0, 0.1) is 5.92 Å². The quantitative estimate of drug-likeness (QED) is 0.375. The molecular formula is C19H36OSi. The largest absolute Gasteiger partial charge is 0.376 e. The van der Waals surface area contributed by atoms with Gasteiger partial charge in [0.1, 0.15) is 0 Å². The highest BCUT2D eigenvalue weighted by Gasteiger charge is 2.27. The van der Waals surface area contributed by atoms with Gasteiger partial charge in [-0.1, -0.05) is 57.1 Å². The van der Waals surface area contributed by atoms with Crippen molar-refractivity contribution in [3.8, 4) is 0 Å². The Kier molecular flexibility index (Phi) is 7.52. The van der Waals surface area contributed by atoms with Crippen molar-refractivity contribution in [1.82, 2.24) is 0 Å². The third-order valence-electron chi connectivity index (χ3n) is 5.44. The normalized spacial score (nSPS) is 28.9. The molecule has 0 amide bonds. The Bertz CT molecular complexity index is 312. The monoisotopic (exact) mass is 308 g/mol. The Balaban J connectivity index is 1.98. The number of rotatable bonds is 7. The fraction of sp³-hybridized carbons (Fsp3) is 0.895. The first-order chi connectivity index (χ1) is 10.2. The van der Waals surface area contributed by atoms with Crippen LogP contribution in [0.25, 0.3) is 0 Å². The molecule has 0 spiro atoms. The van der Waals surface area contributed by atoms with E-state index in [1.807, 2.05) is 0 Å². The zero-order chi connectivity index (χ0) is 15.0. The van der Waals surface area contributed by atoms with Gasteiger partial charge in [0.15, 0.2) is 0 Å². The second kappa shape index (κ2) is 9.15. The fourth-order valence-corrected chi connectivity index (χ4v) is 5.01. The molecule has 2 heteroatoms. The molecule has 0 aromatic heterocycles. The minimum Gasteiger partial charge on any atom is -0.376 e. The van der Waals surface area contributed by atoms with Crippen molar-refractivity contribution in [2.45, 2.75) is 95.6 Å². The molecule has 1 aliphatic carbocycles. The van der Waals surface area contributed by atoms with Gasteiger partial charge in [0.2, 0.25) is 0 Å². The van der Waals surface area contributed by atoms with Gasteiger partial charge >= 0.3 is 0 Å². The van der Waals surface area contributed by atoms with Crippen LogP contribution in [0.1, 0.15) is 90.4 Å². The lowest BCUT2D eigenvalue weighted by Gasteiger charge is -2.34. The van der Waals surface area contributed by atoms with E-state index in [-0.39, 0.29) is 5.22 Å². The first kappa shape index (κ1) is 17.3. The van der Waals surface area contributed by atoms with Crippen LogP contribution in [-0.2, 0) is 4.74 Å². The van der Waals surface area contributed by atoms with Gasteiger partial charge in [-0.15, -0.1) is 0 Å². The number of hydrogen-bond acceptors (Lipinski definition) is 1. The third kappa shape index (κ3) is 5.90. The van der Waals surface area contributed by atoms with Crippen molar-refractivity contribution < 1.29 is 4.74 Å². The second-order valence-electron chi connectivity index (χ2n) is 7.48. The molecule has 21 heavy (non-hydrogen) atoms. The maximum absolute atomic E-state index is 6.20. The van der Waals surface area contributed by atoms with Crippen LogP contribution < -0.4 is 0 Å². The Morgan fingerprint density at radius 2 is 1.90 bits per heavy atom. The molecule has 2 fully saturated rings. The van der Waals surface area contributed by atoms with Crippen molar-refractivity contribution in [3.63, 3.8) is 0 Å². The van der Waals surface area contributed by atoms with Crippen LogP contribution in [0.3, 0.4) is 0 Å². The molecule has 1 heterocycles. The molecule has 0 aromatic rings. The highest BCUT2D eigenvalue weighted by Crippen LogP contribution is 2.35. The summed E-state index contributed by atoms with van der Waals surface area (Å²) in [6, 6.07) is 0. The fourth-order valence-electron chi connectivity index (χ4n) is 4.09. The number of hydrogen-bond donors (Lipinski definition) is 0. The highest BCUT2D eigenvalue weighted by molar-refractivity contribution is 6.16. The van der Waals surface area contributed by atoms with Crippen molar-refractivity contribution in [2.75, 3.05) is 6.61 Å². The predicted molar refractivity (Wildman–Crippen MR) is 95.9 cm³/mol. The van der Waals surface area contributed by atoms with Gasteiger partial charge in [-0.05, 0) is 50.9 Å². The van der Waals surface area contributed by atoms with Gasteiger partial charge in [0, 0.05) is 16.8 Å². The Hall–Kier alpha value is -0.0831. The van der Waals surface area contributed by atoms with E-state index in [0.29, 0.717) is 0 Å². The highest BCUT2D eigenvalue weighted by atomic mass is 28.1. The predicted octanol–water partition coefficient (Wildman–Crippen LogP) is 4.73. The maximum atomic E-state index is 6.20. The van der Waals surface area contributed by atoms with Gasteiger partial charge < -0.3 is 4.74 Å². The summed E-state index contributed by atoms with van der Waals surface area (Å²) in [5.41, 5.74) is 1.78. The average Bonchev–Trinajstić information content (AvgIpc) is 2.52. The Labute approximate surface area is 135 Å². The van der Waals surface area contributed by atoms with E-state index < -0.39 is 0 Å². The molecule has 0 radical (unpaired) electrons. The van der Waals surface area contributed by atoms with Crippen LogP contribution in [0.4, 0.5) is 0 Å². The van der Waals surface area contributed by atoms with Crippen molar-refractivity contribution >= 4 is 10.2 Å². The minimum atomic E-state index is 0.176. The molecule has 1 aliphatic heterocycles. The number of ether oxygens (including phenoxy) is 1. The van der Waals surface area contributed by atoms with Gasteiger partial charge in [-0.2, -0.15) is 0 Å². The first-order valence-corrected chi connectivity index (χ1v) is 10.6. The maximum Gasteiger partial charge on any atom is 0.0658 e. The van der Waals surface area contributed by atoms with E-state index in [2.05, 4.69) is 13.0 Å². The summed E-state index contributed by atoms with van der Waals surface area (Å²) < 4.78 is 6.20. The van der Waals surface area contributed by atoms with Gasteiger partial charge in [-0.3, -0.25) is 0 Å². The van der Waals surface area contributed by atoms with E-state index in [1.165, 1.54) is 83.5 Å². The standard InChI is InChI=1S/C19H36OSi/c1-2-3-4-6-13-18(17-11-7-5-8-12-17)16-19(21)14-9-10-15-20-19/h16-17H,2-15H2,1,21H3. The lowest BCUT2D eigenvalue weighted by Crippen LogP contribution is -2.35. The number of unbranched alkanes of at least 4 members (excludes halogenated alkanes) is 3. The van der Waals surface area contributed by atoms with E-state index >= 15 is 0 Å². The smallest absolute Gasteiger partial charge is 0.0658 e. The molecule has 0 bridgehead atoms. The molecule has 1 atom stereocenters. The summed E-state index contributed by atoms with van der Waals surface area (Å²) in [7, 11) is 1.16. The molecule has 1 unspecified atom stereocenters. The summed E-state index contributed by atoms with van der Waals surface area (Å²) in [5.74, 6) is 0.886. The second-order valence-corrected chi connectivity index (χ2v) is 9.18. The summed E-state index contributed by atoms with van der Waals surface area (Å²) in [5, 5.41) is 0.176. The molecule has 2 aliphatic rings. The van der Waals surface area contributed by atoms with E-state index in [9.17, 15) is 0 Å². The Morgan fingerprint density at radius 3 is 2.57 bits per heavy atom. The molecule has 1 nitrogen and oxygen atoms in total. The van der Waals surface area contributed by atoms with Crippen molar-refractivity contribution in [2.24, 2.45) is 5.92 Å². The van der Waals surface area contributed by atoms with Crippen molar-refractivity contribution in [1.29, 1.82) is 0 Å². The summed E-state index contributed by atoms with van der Waals surface area (Å²) in [4.78, 5) is 0. The van der Waals surface area contributed by atoms with Gasteiger partial charge in [-0.25, -0.2) is 0 Å². The molecular weight excluding hydrogens is 272 g/mol. The third-order valence-corrected chi connectivity index (χ3v) is 6.52. The molecule has 122 valence electrons. The van der Waals surface area contributed by atoms with E-state index in [4.69, 9.17) is 4.74 Å². The summed E-state index contributed by atoms with van der Waals surface area (Å²) in [6.45, 7) is 3.30. The van der Waals surface area contributed by atoms with Gasteiger partial charge in [0.25, 0.3) is 0 Å². The van der Waals surface area contributed by atoms with Crippen LogP contribution in [0.2, 0.25) is 0 Å². The summed E-state index contributed by atoms with van der Waals surface area (Å²) in [6.07, 6.45) is 20.7. The average molecular weight is 309 g/mol. The lowest BCUT2D eigenvalue weighted by atomic mass is 9.81. The molecule has 2 rings (SSSR count). The molecule has 0 aromatic carbocycles. The Morgan fingerprint density at radius 1 is 1.10 bits per heavy atom. The SMILES string of the molecule is CCCCCCC(=CC1([SiH3])CCCCO1)C1CCCCC1. The van der Waals surface area contributed by atoms with Crippen LogP contribution >= 0.6 is 0 Å². The van der Waals surface area contributed by atoms with E-state index in [0.717, 1.165) is 22.8 Å². The zero-order valence-electron chi connectivity index (χ0n) is 14.5. The molecule has 1 saturated carbocycles.